The fourth-order valence-corrected chi connectivity index (χ4v) is 3.85. The molecule has 6 nitrogen and oxygen atoms in total. The SMILES string of the molecule is CC(O)N1CCN(C2=Nc3ccccc3Sc3nccn32)CC1.Cl.Cl. The third kappa shape index (κ3) is 3.96. The van der Waals surface area contributed by atoms with Crippen LogP contribution in [0, 0.1) is 0 Å². The normalized spacial score (nSPS) is 18.0. The number of para-hydroxylation sites is 1. The molecule has 2 aromatic rings. The predicted molar refractivity (Wildman–Crippen MR) is 105 cm³/mol. The van der Waals surface area contributed by atoms with Gasteiger partial charge in [0.1, 0.15) is 6.23 Å². The van der Waals surface area contributed by atoms with Gasteiger partial charge in [0.2, 0.25) is 5.96 Å². The molecule has 4 rings (SSSR count). The Balaban J connectivity index is 0.00000113. The molecule has 9 heteroatoms. The number of halogens is 2. The lowest BCUT2D eigenvalue weighted by molar-refractivity contribution is -0.00242. The molecule has 1 N–H and O–H groups in total. The Morgan fingerprint density at radius 3 is 2.56 bits per heavy atom. The minimum absolute atomic E-state index is 0. The number of aliphatic hydroxyl groups excluding tert-OH is 1. The summed E-state index contributed by atoms with van der Waals surface area (Å²) in [5.74, 6) is 0.917. The van der Waals surface area contributed by atoms with Gasteiger partial charge in [0, 0.05) is 43.5 Å². The number of imidazole rings is 1. The van der Waals surface area contributed by atoms with Gasteiger partial charge < -0.3 is 10.0 Å². The molecule has 1 atom stereocenters. The summed E-state index contributed by atoms with van der Waals surface area (Å²) in [5.41, 5.74) is 0.982. The van der Waals surface area contributed by atoms with E-state index in [0.29, 0.717) is 0 Å². The summed E-state index contributed by atoms with van der Waals surface area (Å²) in [6.45, 7) is 5.16. The maximum Gasteiger partial charge on any atom is 0.212 e. The average Bonchev–Trinajstić information content (AvgIpc) is 2.96. The molecule has 25 heavy (non-hydrogen) atoms. The van der Waals surface area contributed by atoms with Crippen LogP contribution in [0.4, 0.5) is 5.69 Å². The van der Waals surface area contributed by atoms with E-state index < -0.39 is 6.23 Å². The Labute approximate surface area is 163 Å². The molecule has 0 radical (unpaired) electrons. The molecular weight excluding hydrogens is 381 g/mol. The molecule has 1 aromatic heterocycles. The molecule has 2 aliphatic rings. The Bertz CT molecular complexity index is 744. The van der Waals surface area contributed by atoms with Gasteiger partial charge in [0.05, 0.1) is 5.69 Å². The van der Waals surface area contributed by atoms with Gasteiger partial charge >= 0.3 is 0 Å². The fourth-order valence-electron chi connectivity index (χ4n) is 2.93. The molecule has 1 fully saturated rings. The van der Waals surface area contributed by atoms with Crippen molar-refractivity contribution in [2.24, 2.45) is 4.99 Å². The summed E-state index contributed by atoms with van der Waals surface area (Å²) in [6.07, 6.45) is 3.39. The number of nitrogens with zero attached hydrogens (tertiary/aromatic N) is 5. The molecular formula is C16H21Cl2N5OS. The first-order chi connectivity index (χ1) is 11.2. The molecule has 1 aromatic carbocycles. The first-order valence-electron chi connectivity index (χ1n) is 7.79. The molecule has 1 saturated heterocycles. The summed E-state index contributed by atoms with van der Waals surface area (Å²) in [6, 6.07) is 8.17. The van der Waals surface area contributed by atoms with Crippen LogP contribution in [0.2, 0.25) is 0 Å². The van der Waals surface area contributed by atoms with E-state index >= 15 is 0 Å². The second kappa shape index (κ2) is 8.42. The Morgan fingerprint density at radius 2 is 1.84 bits per heavy atom. The predicted octanol–water partition coefficient (Wildman–Crippen LogP) is 2.68. The maximum absolute atomic E-state index is 9.73. The number of aliphatic imine (C=N–C) groups is 1. The molecule has 0 spiro atoms. The van der Waals surface area contributed by atoms with E-state index in [1.165, 1.54) is 0 Å². The molecule has 136 valence electrons. The van der Waals surface area contributed by atoms with Gasteiger partial charge in [-0.25, -0.2) is 9.98 Å². The van der Waals surface area contributed by atoms with Crippen molar-refractivity contribution in [2.45, 2.75) is 23.2 Å². The number of rotatable bonds is 1. The number of hydrogen-bond acceptors (Lipinski definition) is 6. The van der Waals surface area contributed by atoms with E-state index in [9.17, 15) is 5.11 Å². The standard InChI is InChI=1S/C16H19N5OS.2ClH/c1-12(22)19-8-10-20(11-9-19)15-18-13-4-2-3-5-14(13)23-16-17-6-7-21(15)16;;/h2-7,12,22H,8-11H2,1H3;2*1H. The average molecular weight is 402 g/mol. The number of aromatic nitrogens is 2. The highest BCUT2D eigenvalue weighted by atomic mass is 35.5. The fraction of sp³-hybridized carbons (Fsp3) is 0.375. The third-order valence-corrected chi connectivity index (χ3v) is 5.28. The topological polar surface area (TPSA) is 56.9 Å². The van der Waals surface area contributed by atoms with Crippen LogP contribution in [-0.4, -0.2) is 62.8 Å². The van der Waals surface area contributed by atoms with Crippen LogP contribution in [0.5, 0.6) is 0 Å². The van der Waals surface area contributed by atoms with Gasteiger partial charge in [0.15, 0.2) is 5.16 Å². The zero-order valence-corrected chi connectivity index (χ0v) is 16.2. The van der Waals surface area contributed by atoms with Crippen molar-refractivity contribution in [3.63, 3.8) is 0 Å². The summed E-state index contributed by atoms with van der Waals surface area (Å²) in [4.78, 5) is 14.8. The van der Waals surface area contributed by atoms with Crippen LogP contribution < -0.4 is 0 Å². The van der Waals surface area contributed by atoms with Gasteiger partial charge in [-0.3, -0.25) is 9.47 Å². The largest absolute Gasteiger partial charge is 0.379 e. The van der Waals surface area contributed by atoms with Crippen molar-refractivity contribution in [1.82, 2.24) is 19.4 Å². The van der Waals surface area contributed by atoms with Crippen molar-refractivity contribution < 1.29 is 5.11 Å². The van der Waals surface area contributed by atoms with Gasteiger partial charge in [-0.05, 0) is 30.8 Å². The van der Waals surface area contributed by atoms with Crippen LogP contribution in [0.1, 0.15) is 6.92 Å². The van der Waals surface area contributed by atoms with Gasteiger partial charge in [-0.2, -0.15) is 0 Å². The van der Waals surface area contributed by atoms with Crippen LogP contribution in [0.15, 0.2) is 51.7 Å². The molecule has 2 aliphatic heterocycles. The maximum atomic E-state index is 9.73. The molecule has 3 heterocycles. The number of piperazine rings is 1. The molecule has 0 aliphatic carbocycles. The lowest BCUT2D eigenvalue weighted by atomic mass is 10.3. The second-order valence-electron chi connectivity index (χ2n) is 5.72. The highest BCUT2D eigenvalue weighted by Crippen LogP contribution is 2.37. The van der Waals surface area contributed by atoms with E-state index in [4.69, 9.17) is 4.99 Å². The van der Waals surface area contributed by atoms with E-state index in [1.54, 1.807) is 11.8 Å². The first kappa shape index (κ1) is 20.1. The van der Waals surface area contributed by atoms with Crippen molar-refractivity contribution in [1.29, 1.82) is 0 Å². The van der Waals surface area contributed by atoms with E-state index in [0.717, 1.165) is 47.9 Å². The van der Waals surface area contributed by atoms with Crippen LogP contribution >= 0.6 is 36.6 Å². The summed E-state index contributed by atoms with van der Waals surface area (Å²) >= 11 is 1.64. The Kier molecular flexibility index (Phi) is 6.76. The third-order valence-electron chi connectivity index (χ3n) is 4.23. The monoisotopic (exact) mass is 401 g/mol. The van der Waals surface area contributed by atoms with Crippen LogP contribution in [0.25, 0.3) is 0 Å². The lowest BCUT2D eigenvalue weighted by Gasteiger charge is -2.37. The van der Waals surface area contributed by atoms with Crippen molar-refractivity contribution in [3.8, 4) is 0 Å². The first-order valence-corrected chi connectivity index (χ1v) is 8.60. The van der Waals surface area contributed by atoms with E-state index in [-0.39, 0.29) is 24.8 Å². The zero-order chi connectivity index (χ0) is 15.8. The summed E-state index contributed by atoms with van der Waals surface area (Å²) < 4.78 is 2.06. The molecule has 0 saturated carbocycles. The molecule has 0 amide bonds. The second-order valence-corrected chi connectivity index (χ2v) is 6.73. The highest BCUT2D eigenvalue weighted by Gasteiger charge is 2.26. The van der Waals surface area contributed by atoms with Gasteiger partial charge in [-0.15, -0.1) is 24.8 Å². The zero-order valence-electron chi connectivity index (χ0n) is 13.8. The van der Waals surface area contributed by atoms with Crippen molar-refractivity contribution >= 4 is 48.2 Å². The van der Waals surface area contributed by atoms with Crippen molar-refractivity contribution in [3.05, 3.63) is 36.7 Å². The molecule has 1 unspecified atom stereocenters. The smallest absolute Gasteiger partial charge is 0.212 e. The number of fused-ring (bicyclic) bond motifs is 2. The van der Waals surface area contributed by atoms with E-state index in [2.05, 4.69) is 25.4 Å². The Hall–Kier alpha value is -1.25. The van der Waals surface area contributed by atoms with Gasteiger partial charge in [-0.1, -0.05) is 12.1 Å². The van der Waals surface area contributed by atoms with Crippen molar-refractivity contribution in [2.75, 3.05) is 26.2 Å². The van der Waals surface area contributed by atoms with Crippen LogP contribution in [0.3, 0.4) is 0 Å². The lowest BCUT2D eigenvalue weighted by Crippen LogP contribution is -2.52. The quantitative estimate of drug-likeness (QED) is 0.795. The number of aliphatic hydroxyl groups is 1. The highest BCUT2D eigenvalue weighted by molar-refractivity contribution is 7.99. The minimum Gasteiger partial charge on any atom is -0.379 e. The minimum atomic E-state index is -0.395. The van der Waals surface area contributed by atoms with E-state index in [1.807, 2.05) is 37.5 Å². The number of hydrogen-bond donors (Lipinski definition) is 1. The summed E-state index contributed by atoms with van der Waals surface area (Å²) in [5, 5.41) is 10.7. The molecule has 0 bridgehead atoms. The van der Waals surface area contributed by atoms with Gasteiger partial charge in [0.25, 0.3) is 0 Å². The number of benzene rings is 1. The summed E-state index contributed by atoms with van der Waals surface area (Å²) in [7, 11) is 0. The Morgan fingerprint density at radius 1 is 1.12 bits per heavy atom. The van der Waals surface area contributed by atoms with Crippen LogP contribution in [-0.2, 0) is 0 Å².